The summed E-state index contributed by atoms with van der Waals surface area (Å²) in [5.41, 5.74) is 3.18. The first-order chi connectivity index (χ1) is 20.2. The molecule has 0 bridgehead atoms. The molecule has 42 heavy (non-hydrogen) atoms. The smallest absolute Gasteiger partial charge is 0.338 e. The van der Waals surface area contributed by atoms with E-state index >= 15 is 0 Å². The standard InChI is InChI=1S/C34H30N2O6/c1-21(2)42-34(40)26-10-7-11-27(19-26)36-30(24-14-16-35-17-15-24)29(32(38)33(36)39)31(37)25-12-13-28(22(3)18-25)41-20-23-8-5-4-6-9-23/h4-19,21,30,37H,20H2,1-3H3/b31-29+. The first-order valence-corrected chi connectivity index (χ1v) is 13.5. The molecule has 3 aromatic carbocycles. The zero-order chi connectivity index (χ0) is 29.8. The van der Waals surface area contributed by atoms with E-state index in [0.717, 1.165) is 11.1 Å². The Morgan fingerprint density at radius 2 is 1.67 bits per heavy atom. The normalized spacial score (nSPS) is 16.1. The Morgan fingerprint density at radius 1 is 0.929 bits per heavy atom. The Balaban J connectivity index is 1.54. The lowest BCUT2D eigenvalue weighted by atomic mass is 9.95. The summed E-state index contributed by atoms with van der Waals surface area (Å²) < 4.78 is 11.3. The van der Waals surface area contributed by atoms with Crippen LogP contribution in [0.15, 0.2) is 103 Å². The van der Waals surface area contributed by atoms with Crippen LogP contribution in [0.2, 0.25) is 0 Å². The zero-order valence-corrected chi connectivity index (χ0v) is 23.5. The second-order valence-electron chi connectivity index (χ2n) is 10.2. The summed E-state index contributed by atoms with van der Waals surface area (Å²) in [5.74, 6) is -1.90. The van der Waals surface area contributed by atoms with Gasteiger partial charge in [0.05, 0.1) is 23.3 Å². The number of benzene rings is 3. The molecular formula is C34H30N2O6. The fraction of sp³-hybridized carbons (Fsp3) is 0.176. The van der Waals surface area contributed by atoms with Crippen molar-refractivity contribution in [1.29, 1.82) is 0 Å². The summed E-state index contributed by atoms with van der Waals surface area (Å²) in [5, 5.41) is 11.5. The van der Waals surface area contributed by atoms with Crippen LogP contribution in [0.4, 0.5) is 5.69 Å². The molecule has 1 N–H and O–H groups in total. The molecule has 1 unspecified atom stereocenters. The van der Waals surface area contributed by atoms with Crippen molar-refractivity contribution in [3.05, 3.63) is 131 Å². The van der Waals surface area contributed by atoms with Gasteiger partial charge in [-0.2, -0.15) is 0 Å². The van der Waals surface area contributed by atoms with Crippen LogP contribution < -0.4 is 9.64 Å². The summed E-state index contributed by atoms with van der Waals surface area (Å²) in [6.07, 6.45) is 2.77. The van der Waals surface area contributed by atoms with E-state index in [1.54, 1.807) is 74.8 Å². The largest absolute Gasteiger partial charge is 0.507 e. The molecule has 8 nitrogen and oxygen atoms in total. The van der Waals surface area contributed by atoms with E-state index < -0.39 is 23.7 Å². The van der Waals surface area contributed by atoms with Crippen LogP contribution in [0, 0.1) is 6.92 Å². The zero-order valence-electron chi connectivity index (χ0n) is 23.5. The highest BCUT2D eigenvalue weighted by molar-refractivity contribution is 6.51. The number of nitrogens with zero attached hydrogens (tertiary/aromatic N) is 2. The molecule has 1 saturated heterocycles. The van der Waals surface area contributed by atoms with Crippen molar-refractivity contribution in [2.45, 2.75) is 39.5 Å². The van der Waals surface area contributed by atoms with Gasteiger partial charge in [0.1, 0.15) is 18.1 Å². The van der Waals surface area contributed by atoms with Gasteiger partial charge in [0.15, 0.2) is 0 Å². The molecule has 0 radical (unpaired) electrons. The predicted octanol–water partition coefficient (Wildman–Crippen LogP) is 6.16. The van der Waals surface area contributed by atoms with Crippen LogP contribution in [-0.2, 0) is 20.9 Å². The predicted molar refractivity (Wildman–Crippen MR) is 158 cm³/mol. The van der Waals surface area contributed by atoms with Crippen molar-refractivity contribution in [2.75, 3.05) is 4.90 Å². The van der Waals surface area contributed by atoms with Gasteiger partial charge < -0.3 is 14.6 Å². The average molecular weight is 563 g/mol. The van der Waals surface area contributed by atoms with Crippen molar-refractivity contribution in [2.24, 2.45) is 0 Å². The molecular weight excluding hydrogens is 532 g/mol. The van der Waals surface area contributed by atoms with E-state index in [2.05, 4.69) is 4.98 Å². The van der Waals surface area contributed by atoms with Crippen molar-refractivity contribution < 1.29 is 29.0 Å². The minimum Gasteiger partial charge on any atom is -0.507 e. The number of ketones is 1. The van der Waals surface area contributed by atoms with Gasteiger partial charge in [-0.3, -0.25) is 19.5 Å². The molecule has 1 aliphatic heterocycles. The number of aromatic nitrogens is 1. The molecule has 0 aliphatic carbocycles. The molecule has 8 heteroatoms. The number of anilines is 1. The minimum atomic E-state index is -0.960. The highest BCUT2D eigenvalue weighted by Crippen LogP contribution is 2.42. The van der Waals surface area contributed by atoms with Crippen LogP contribution in [0.1, 0.15) is 52.5 Å². The number of carbonyl (C=O) groups is 3. The third-order valence-corrected chi connectivity index (χ3v) is 6.85. The molecule has 1 atom stereocenters. The summed E-state index contributed by atoms with van der Waals surface area (Å²) >= 11 is 0. The van der Waals surface area contributed by atoms with Gasteiger partial charge >= 0.3 is 5.97 Å². The first kappa shape index (κ1) is 28.3. The van der Waals surface area contributed by atoms with Gasteiger partial charge in [0.25, 0.3) is 11.7 Å². The fourth-order valence-corrected chi connectivity index (χ4v) is 4.87. The van der Waals surface area contributed by atoms with Crippen molar-refractivity contribution in [3.8, 4) is 5.75 Å². The number of aryl methyl sites for hydroxylation is 1. The van der Waals surface area contributed by atoms with Gasteiger partial charge in [-0.05, 0) is 86.0 Å². The number of pyridine rings is 1. The number of ether oxygens (including phenoxy) is 2. The lowest BCUT2D eigenvalue weighted by Gasteiger charge is -2.25. The van der Waals surface area contributed by atoms with Gasteiger partial charge in [-0.15, -0.1) is 0 Å². The quantitative estimate of drug-likeness (QED) is 0.119. The highest BCUT2D eigenvalue weighted by Gasteiger charge is 2.47. The van der Waals surface area contributed by atoms with Gasteiger partial charge in [-0.25, -0.2) is 4.79 Å². The Kier molecular flexibility index (Phi) is 8.15. The van der Waals surface area contributed by atoms with E-state index in [9.17, 15) is 19.5 Å². The number of Topliss-reactive ketones (excluding diaryl/α,β-unsaturated/α-hetero) is 1. The number of esters is 1. The molecule has 0 saturated carbocycles. The number of aliphatic hydroxyl groups is 1. The van der Waals surface area contributed by atoms with E-state index in [4.69, 9.17) is 9.47 Å². The second-order valence-corrected chi connectivity index (χ2v) is 10.2. The van der Waals surface area contributed by atoms with Crippen LogP contribution in [0.3, 0.4) is 0 Å². The van der Waals surface area contributed by atoms with E-state index in [0.29, 0.717) is 29.2 Å². The van der Waals surface area contributed by atoms with Crippen LogP contribution in [0.25, 0.3) is 5.76 Å². The third kappa shape index (κ3) is 5.78. The van der Waals surface area contributed by atoms with E-state index in [1.165, 1.54) is 11.0 Å². The van der Waals surface area contributed by atoms with Crippen LogP contribution >= 0.6 is 0 Å². The average Bonchev–Trinajstić information content (AvgIpc) is 3.26. The van der Waals surface area contributed by atoms with E-state index in [1.807, 2.05) is 37.3 Å². The molecule has 0 spiro atoms. The third-order valence-electron chi connectivity index (χ3n) is 6.85. The molecule has 4 aromatic rings. The maximum absolute atomic E-state index is 13.5. The number of hydrogen-bond acceptors (Lipinski definition) is 7. The van der Waals surface area contributed by atoms with Crippen LogP contribution in [-0.4, -0.2) is 33.9 Å². The molecule has 2 heterocycles. The summed E-state index contributed by atoms with van der Waals surface area (Å²) in [4.78, 5) is 45.0. The number of carbonyl (C=O) groups excluding carboxylic acids is 3. The molecule has 1 amide bonds. The fourth-order valence-electron chi connectivity index (χ4n) is 4.87. The lowest BCUT2D eigenvalue weighted by Crippen LogP contribution is -2.29. The maximum atomic E-state index is 13.5. The number of hydrogen-bond donors (Lipinski definition) is 1. The summed E-state index contributed by atoms with van der Waals surface area (Å²) in [7, 11) is 0. The Hall–Kier alpha value is -5.24. The second kappa shape index (κ2) is 12.1. The molecule has 212 valence electrons. The van der Waals surface area contributed by atoms with Gasteiger partial charge in [0, 0.05) is 23.6 Å². The van der Waals surface area contributed by atoms with Gasteiger partial charge in [0.2, 0.25) is 0 Å². The van der Waals surface area contributed by atoms with Crippen molar-refractivity contribution in [1.82, 2.24) is 4.98 Å². The Morgan fingerprint density at radius 3 is 2.36 bits per heavy atom. The summed E-state index contributed by atoms with van der Waals surface area (Å²) in [6.45, 7) is 5.71. The van der Waals surface area contributed by atoms with Crippen LogP contribution in [0.5, 0.6) is 5.75 Å². The number of rotatable bonds is 8. The Bertz CT molecular complexity index is 1660. The molecule has 5 rings (SSSR count). The molecule has 1 aliphatic rings. The Labute approximate surface area is 243 Å². The summed E-state index contributed by atoms with van der Waals surface area (Å²) in [6, 6.07) is 23.6. The first-order valence-electron chi connectivity index (χ1n) is 13.5. The van der Waals surface area contributed by atoms with E-state index in [-0.39, 0.29) is 23.0 Å². The maximum Gasteiger partial charge on any atom is 0.338 e. The molecule has 1 fully saturated rings. The topological polar surface area (TPSA) is 106 Å². The lowest BCUT2D eigenvalue weighted by molar-refractivity contribution is -0.132. The SMILES string of the molecule is Cc1cc(/C(O)=C2\C(=O)C(=O)N(c3cccc(C(=O)OC(C)C)c3)C2c2ccncc2)ccc1OCc1ccccc1. The highest BCUT2D eigenvalue weighted by atomic mass is 16.5. The van der Waals surface area contributed by atoms with Gasteiger partial charge in [-0.1, -0.05) is 36.4 Å². The number of amides is 1. The van der Waals surface area contributed by atoms with Crippen molar-refractivity contribution >= 4 is 29.1 Å². The molecule has 1 aromatic heterocycles. The minimum absolute atomic E-state index is 0.0706. The number of aliphatic hydroxyl groups excluding tert-OH is 1. The monoisotopic (exact) mass is 562 g/mol. The van der Waals surface area contributed by atoms with Crippen molar-refractivity contribution in [3.63, 3.8) is 0 Å².